The van der Waals surface area contributed by atoms with Gasteiger partial charge in [0.2, 0.25) is 5.43 Å². The molecule has 0 aliphatic heterocycles. The quantitative estimate of drug-likeness (QED) is 0.420. The van der Waals surface area contributed by atoms with Gasteiger partial charge in [-0.15, -0.1) is 0 Å². The third-order valence-electron chi connectivity index (χ3n) is 5.00. The topological polar surface area (TPSA) is 48.7 Å². The Morgan fingerprint density at radius 3 is 2.64 bits per heavy atom. The van der Waals surface area contributed by atoms with Crippen LogP contribution in [0.3, 0.4) is 0 Å². The van der Waals surface area contributed by atoms with E-state index in [0.717, 1.165) is 24.2 Å². The molecule has 0 N–H and O–H groups in total. The summed E-state index contributed by atoms with van der Waals surface area (Å²) >= 11 is 2.05. The highest BCUT2D eigenvalue weighted by atomic mass is 127. The van der Waals surface area contributed by atoms with Crippen molar-refractivity contribution >= 4 is 45.7 Å². The van der Waals surface area contributed by atoms with E-state index in [1.807, 2.05) is 71.1 Å². The summed E-state index contributed by atoms with van der Waals surface area (Å²) in [5.41, 5.74) is 1.47. The lowest BCUT2D eigenvalue weighted by Gasteiger charge is -2.18. The summed E-state index contributed by atoms with van der Waals surface area (Å²) < 4.78 is 18.3. The first-order chi connectivity index (χ1) is 13.7. The van der Waals surface area contributed by atoms with Crippen molar-refractivity contribution in [1.29, 1.82) is 0 Å². The van der Waals surface area contributed by atoms with Crippen LogP contribution in [0.5, 0.6) is 11.5 Å². The number of benzene rings is 2. The largest absolute Gasteiger partial charge is 0.493 e. The van der Waals surface area contributed by atoms with Crippen LogP contribution in [0.25, 0.3) is 23.1 Å². The summed E-state index contributed by atoms with van der Waals surface area (Å²) in [5.74, 6) is 1.99. The van der Waals surface area contributed by atoms with Crippen LogP contribution in [-0.4, -0.2) is 13.2 Å². The number of halogens is 1. The standard InChI is InChI=1S/C23H21IO4/c1-26-20-12-6-7-15(23(20)27-16-8-2-3-9-16)13-14-19-21(24)22(25)17-10-4-5-11-18(17)28-19/h4-7,10-14,16H,2-3,8-9H2,1H3/b14-13+. The Balaban J connectivity index is 1.73. The second-order valence-electron chi connectivity index (χ2n) is 6.84. The van der Waals surface area contributed by atoms with Crippen LogP contribution in [0.1, 0.15) is 37.0 Å². The monoisotopic (exact) mass is 488 g/mol. The molecule has 0 amide bonds. The molecule has 1 saturated carbocycles. The molecule has 1 fully saturated rings. The molecule has 1 aliphatic rings. The number of para-hydroxylation sites is 2. The van der Waals surface area contributed by atoms with E-state index in [-0.39, 0.29) is 11.5 Å². The van der Waals surface area contributed by atoms with E-state index in [1.165, 1.54) is 12.8 Å². The molecule has 0 bridgehead atoms. The minimum Gasteiger partial charge on any atom is -0.493 e. The molecule has 1 aromatic heterocycles. The lowest BCUT2D eigenvalue weighted by atomic mass is 10.1. The summed E-state index contributed by atoms with van der Waals surface area (Å²) in [6.07, 6.45) is 8.50. The van der Waals surface area contributed by atoms with Gasteiger partial charge in [-0.1, -0.05) is 24.3 Å². The van der Waals surface area contributed by atoms with Gasteiger partial charge in [0, 0.05) is 5.56 Å². The molecule has 28 heavy (non-hydrogen) atoms. The summed E-state index contributed by atoms with van der Waals surface area (Å²) in [6, 6.07) is 13.1. The van der Waals surface area contributed by atoms with Gasteiger partial charge in [-0.05, 0) is 78.6 Å². The van der Waals surface area contributed by atoms with Gasteiger partial charge in [-0.25, -0.2) is 0 Å². The second-order valence-corrected chi connectivity index (χ2v) is 7.92. The third-order valence-corrected chi connectivity index (χ3v) is 6.02. The van der Waals surface area contributed by atoms with Gasteiger partial charge in [-0.3, -0.25) is 4.79 Å². The van der Waals surface area contributed by atoms with Gasteiger partial charge in [0.15, 0.2) is 11.5 Å². The van der Waals surface area contributed by atoms with E-state index >= 15 is 0 Å². The van der Waals surface area contributed by atoms with Gasteiger partial charge < -0.3 is 13.9 Å². The van der Waals surface area contributed by atoms with Crippen LogP contribution in [0.4, 0.5) is 0 Å². The molecule has 0 unspecified atom stereocenters. The summed E-state index contributed by atoms with van der Waals surface area (Å²) in [4.78, 5) is 12.6. The fourth-order valence-electron chi connectivity index (χ4n) is 3.53. The van der Waals surface area contributed by atoms with E-state index in [0.29, 0.717) is 26.0 Å². The lowest BCUT2D eigenvalue weighted by molar-refractivity contribution is 0.200. The molecule has 0 atom stereocenters. The van der Waals surface area contributed by atoms with Crippen LogP contribution in [-0.2, 0) is 0 Å². The molecular weight excluding hydrogens is 467 g/mol. The maximum atomic E-state index is 12.6. The molecule has 0 saturated heterocycles. The van der Waals surface area contributed by atoms with Crippen LogP contribution in [0, 0.1) is 3.57 Å². The Bertz CT molecular complexity index is 1080. The minimum atomic E-state index is -0.0184. The first-order valence-electron chi connectivity index (χ1n) is 9.40. The minimum absolute atomic E-state index is 0.0184. The smallest absolute Gasteiger partial charge is 0.206 e. The lowest BCUT2D eigenvalue weighted by Crippen LogP contribution is -2.12. The van der Waals surface area contributed by atoms with E-state index < -0.39 is 0 Å². The molecule has 0 spiro atoms. The molecule has 1 aliphatic carbocycles. The number of hydrogen-bond donors (Lipinski definition) is 0. The number of hydrogen-bond acceptors (Lipinski definition) is 4. The SMILES string of the molecule is COc1cccc(/C=C/c2oc3ccccc3c(=O)c2I)c1OC1CCCC1. The van der Waals surface area contributed by atoms with Gasteiger partial charge >= 0.3 is 0 Å². The normalized spacial score (nSPS) is 14.8. The van der Waals surface area contributed by atoms with Gasteiger partial charge in [0.25, 0.3) is 0 Å². The molecule has 0 radical (unpaired) electrons. The number of ether oxygens (including phenoxy) is 2. The summed E-state index contributed by atoms with van der Waals surface area (Å²) in [5, 5.41) is 0.593. The van der Waals surface area contributed by atoms with Crippen molar-refractivity contribution in [2.24, 2.45) is 0 Å². The number of fused-ring (bicyclic) bond motifs is 1. The molecular formula is C23H21IO4. The van der Waals surface area contributed by atoms with Gasteiger partial charge in [-0.2, -0.15) is 0 Å². The maximum Gasteiger partial charge on any atom is 0.206 e. The number of rotatable bonds is 5. The molecule has 144 valence electrons. The predicted molar refractivity (Wildman–Crippen MR) is 120 cm³/mol. The Kier molecular flexibility index (Phi) is 5.71. The average molecular weight is 488 g/mol. The molecule has 4 nitrogen and oxygen atoms in total. The zero-order valence-electron chi connectivity index (χ0n) is 15.6. The van der Waals surface area contributed by atoms with Gasteiger partial charge in [0.1, 0.15) is 14.9 Å². The van der Waals surface area contributed by atoms with Crippen molar-refractivity contribution in [3.8, 4) is 11.5 Å². The van der Waals surface area contributed by atoms with Crippen LogP contribution in [0.2, 0.25) is 0 Å². The predicted octanol–water partition coefficient (Wildman–Crippen LogP) is 5.90. The molecule has 2 aromatic carbocycles. The number of methoxy groups -OCH3 is 1. The van der Waals surface area contributed by atoms with Crippen molar-refractivity contribution in [2.75, 3.05) is 7.11 Å². The second kappa shape index (κ2) is 8.39. The van der Waals surface area contributed by atoms with Crippen LogP contribution >= 0.6 is 22.6 Å². The van der Waals surface area contributed by atoms with Crippen molar-refractivity contribution in [3.63, 3.8) is 0 Å². The zero-order valence-corrected chi connectivity index (χ0v) is 17.8. The van der Waals surface area contributed by atoms with E-state index in [1.54, 1.807) is 13.2 Å². The first-order valence-corrected chi connectivity index (χ1v) is 10.5. The summed E-state index contributed by atoms with van der Waals surface area (Å²) in [7, 11) is 1.65. The Morgan fingerprint density at radius 2 is 1.86 bits per heavy atom. The molecule has 3 aromatic rings. The van der Waals surface area contributed by atoms with Crippen molar-refractivity contribution < 1.29 is 13.9 Å². The fraction of sp³-hybridized carbons (Fsp3) is 0.261. The third kappa shape index (κ3) is 3.81. The highest BCUT2D eigenvalue weighted by Crippen LogP contribution is 2.36. The van der Waals surface area contributed by atoms with Gasteiger partial charge in [0.05, 0.1) is 18.6 Å². The van der Waals surface area contributed by atoms with Crippen LogP contribution in [0.15, 0.2) is 51.7 Å². The highest BCUT2D eigenvalue weighted by Gasteiger charge is 2.20. The Morgan fingerprint density at radius 1 is 1.07 bits per heavy atom. The Hall–Kier alpha value is -2.28. The van der Waals surface area contributed by atoms with Crippen LogP contribution < -0.4 is 14.9 Å². The Labute approximate surface area is 177 Å². The molecule has 5 heteroatoms. The molecule has 4 rings (SSSR count). The highest BCUT2D eigenvalue weighted by molar-refractivity contribution is 14.1. The maximum absolute atomic E-state index is 12.6. The molecule has 1 heterocycles. The summed E-state index contributed by atoms with van der Waals surface area (Å²) in [6.45, 7) is 0. The van der Waals surface area contributed by atoms with Crippen molar-refractivity contribution in [1.82, 2.24) is 0 Å². The van der Waals surface area contributed by atoms with E-state index in [9.17, 15) is 4.79 Å². The first kappa shape index (κ1) is 19.1. The van der Waals surface area contributed by atoms with E-state index in [4.69, 9.17) is 13.9 Å². The van der Waals surface area contributed by atoms with Crippen molar-refractivity contribution in [3.05, 3.63) is 67.6 Å². The van der Waals surface area contributed by atoms with E-state index in [2.05, 4.69) is 0 Å². The zero-order chi connectivity index (χ0) is 19.5. The average Bonchev–Trinajstić information content (AvgIpc) is 3.23. The fourth-order valence-corrected chi connectivity index (χ4v) is 4.11. The van der Waals surface area contributed by atoms with Crippen molar-refractivity contribution in [2.45, 2.75) is 31.8 Å².